The van der Waals surface area contributed by atoms with Gasteiger partial charge < -0.3 is 16.4 Å². The minimum Gasteiger partial charge on any atom is -0.412 e. The second kappa shape index (κ2) is 24.3. The highest BCUT2D eigenvalue weighted by Gasteiger charge is 2.34. The molecule has 0 aromatic heterocycles. The molecule has 6 rings (SSSR count). The zero-order valence-corrected chi connectivity index (χ0v) is 37.3. The molecule has 3 nitrogen and oxygen atoms in total. The van der Waals surface area contributed by atoms with Crippen LogP contribution in [0.3, 0.4) is 0 Å². The molecule has 4 saturated carbocycles. The maximum atomic E-state index is 14.4. The summed E-state index contributed by atoms with van der Waals surface area (Å²) in [7, 11) is -0.862. The molecule has 0 spiro atoms. The predicted molar refractivity (Wildman–Crippen MR) is 235 cm³/mol. The molecule has 0 amide bonds. The van der Waals surface area contributed by atoms with Crippen LogP contribution in [0.15, 0.2) is 36.9 Å². The van der Waals surface area contributed by atoms with Gasteiger partial charge in [-0.25, -0.2) is 17.6 Å². The molecule has 326 valence electrons. The molecule has 4 aliphatic carbocycles. The molecule has 2 aromatic rings. The van der Waals surface area contributed by atoms with Crippen molar-refractivity contribution in [2.75, 3.05) is 0 Å². The van der Waals surface area contributed by atoms with E-state index < -0.39 is 31.3 Å². The smallest absolute Gasteiger partial charge is 0.162 e. The molecular formula is C49H80F4O3Si. The first kappa shape index (κ1) is 51.1. The lowest BCUT2D eigenvalue weighted by Gasteiger charge is -2.38. The lowest BCUT2D eigenvalue weighted by atomic mass is 9.68. The summed E-state index contributed by atoms with van der Waals surface area (Å²) in [6.45, 7) is 14.6. The molecule has 0 unspecified atom stereocenters. The molecule has 0 aliphatic heterocycles. The van der Waals surface area contributed by atoms with Gasteiger partial charge in [-0.3, -0.25) is 0 Å². The molecule has 0 radical (unpaired) electrons. The summed E-state index contributed by atoms with van der Waals surface area (Å²) >= 11 is 0. The van der Waals surface area contributed by atoms with Gasteiger partial charge in [-0.15, -0.1) is 6.58 Å². The van der Waals surface area contributed by atoms with Crippen LogP contribution in [0.1, 0.15) is 169 Å². The molecule has 0 heterocycles. The number of hydrogen-bond acceptors (Lipinski definition) is 0. The SMILES string of the molecule is C=CCCC1CCC(C2CCC(c3ccc(C)c(F)c3F)CC2)CC1.Cc1ccc(C2CCC(C3CCC(CCCC[Si](C)(C)C)CC3)CC2)c(F)c1F.O.O.O. The number of benzene rings is 2. The zero-order chi connectivity index (χ0) is 38.8. The van der Waals surface area contributed by atoms with Crippen LogP contribution in [0.25, 0.3) is 0 Å². The van der Waals surface area contributed by atoms with E-state index in [9.17, 15) is 17.6 Å². The second-order valence-electron chi connectivity index (χ2n) is 19.7. The Morgan fingerprint density at radius 1 is 0.509 bits per heavy atom. The molecular weight excluding hydrogens is 741 g/mol. The first-order chi connectivity index (χ1) is 25.8. The normalized spacial score (nSPS) is 27.7. The summed E-state index contributed by atoms with van der Waals surface area (Å²) in [5.74, 6) is 3.14. The lowest BCUT2D eigenvalue weighted by Crippen LogP contribution is -2.25. The number of allylic oxidation sites excluding steroid dienone is 1. The minimum absolute atomic E-state index is 0. The van der Waals surface area contributed by atoms with E-state index in [-0.39, 0.29) is 28.3 Å². The molecule has 57 heavy (non-hydrogen) atoms. The van der Waals surface area contributed by atoms with Gasteiger partial charge in [0.25, 0.3) is 0 Å². The van der Waals surface area contributed by atoms with Crippen molar-refractivity contribution in [2.24, 2.45) is 35.5 Å². The number of rotatable bonds is 12. The van der Waals surface area contributed by atoms with E-state index in [1.165, 1.54) is 109 Å². The largest absolute Gasteiger partial charge is 0.412 e. The highest BCUT2D eigenvalue weighted by atomic mass is 28.3. The van der Waals surface area contributed by atoms with Crippen LogP contribution >= 0.6 is 0 Å². The fourth-order valence-electron chi connectivity index (χ4n) is 11.1. The van der Waals surface area contributed by atoms with Gasteiger partial charge in [0.2, 0.25) is 0 Å². The first-order valence-corrected chi connectivity index (χ1v) is 26.0. The summed E-state index contributed by atoms with van der Waals surface area (Å²) in [6, 6.07) is 8.59. The molecule has 6 N–H and O–H groups in total. The lowest BCUT2D eigenvalue weighted by molar-refractivity contribution is 0.155. The fraction of sp³-hybridized carbons (Fsp3) is 0.714. The molecule has 8 heteroatoms. The van der Waals surface area contributed by atoms with Gasteiger partial charge in [0, 0.05) is 8.07 Å². The van der Waals surface area contributed by atoms with Crippen LogP contribution in [0.4, 0.5) is 17.6 Å². The topological polar surface area (TPSA) is 94.5 Å². The zero-order valence-electron chi connectivity index (χ0n) is 36.3. The van der Waals surface area contributed by atoms with Crippen molar-refractivity contribution in [3.63, 3.8) is 0 Å². The van der Waals surface area contributed by atoms with E-state index >= 15 is 0 Å². The molecule has 0 saturated heterocycles. The van der Waals surface area contributed by atoms with E-state index in [2.05, 4.69) is 26.2 Å². The Bertz CT molecular complexity index is 1460. The van der Waals surface area contributed by atoms with E-state index in [1.54, 1.807) is 26.0 Å². The molecule has 2 aromatic carbocycles. The average Bonchev–Trinajstić information content (AvgIpc) is 3.18. The summed E-state index contributed by atoms with van der Waals surface area (Å²) in [4.78, 5) is 0. The Kier molecular flexibility index (Phi) is 21.8. The van der Waals surface area contributed by atoms with Gasteiger partial charge in [-0.1, -0.05) is 101 Å². The fourth-order valence-corrected chi connectivity index (χ4v) is 12.4. The Morgan fingerprint density at radius 3 is 1.21 bits per heavy atom. The highest BCUT2D eigenvalue weighted by Crippen LogP contribution is 2.47. The minimum atomic E-state index is -0.862. The van der Waals surface area contributed by atoms with Crippen molar-refractivity contribution in [1.29, 1.82) is 0 Å². The summed E-state index contributed by atoms with van der Waals surface area (Å²) in [5, 5.41) is 0. The van der Waals surface area contributed by atoms with Gasteiger partial charge in [0.15, 0.2) is 23.3 Å². The van der Waals surface area contributed by atoms with Crippen molar-refractivity contribution in [2.45, 2.75) is 186 Å². The summed E-state index contributed by atoms with van der Waals surface area (Å²) in [6.07, 6.45) is 28.8. The molecule has 0 atom stereocenters. The van der Waals surface area contributed by atoms with Gasteiger partial charge in [0.05, 0.1) is 0 Å². The van der Waals surface area contributed by atoms with Gasteiger partial charge >= 0.3 is 0 Å². The Morgan fingerprint density at radius 2 is 0.860 bits per heavy atom. The van der Waals surface area contributed by atoms with E-state index in [0.717, 1.165) is 67.6 Å². The average molecular weight is 821 g/mol. The number of hydrogen-bond donors (Lipinski definition) is 0. The van der Waals surface area contributed by atoms with Crippen LogP contribution in [0.5, 0.6) is 0 Å². The Balaban J connectivity index is 0.000000377. The van der Waals surface area contributed by atoms with Crippen molar-refractivity contribution < 1.29 is 34.0 Å². The van der Waals surface area contributed by atoms with Gasteiger partial charge in [-0.05, 0) is 173 Å². The third-order valence-electron chi connectivity index (χ3n) is 14.7. The van der Waals surface area contributed by atoms with Crippen molar-refractivity contribution in [1.82, 2.24) is 0 Å². The highest BCUT2D eigenvalue weighted by molar-refractivity contribution is 6.76. The quantitative estimate of drug-likeness (QED) is 0.0882. The van der Waals surface area contributed by atoms with Crippen molar-refractivity contribution in [3.8, 4) is 0 Å². The Hall–Kier alpha value is -2.00. The summed E-state index contributed by atoms with van der Waals surface area (Å²) in [5.41, 5.74) is 2.04. The third kappa shape index (κ3) is 14.6. The third-order valence-corrected chi connectivity index (χ3v) is 16.6. The van der Waals surface area contributed by atoms with E-state index in [4.69, 9.17) is 0 Å². The van der Waals surface area contributed by atoms with E-state index in [1.807, 2.05) is 18.2 Å². The number of halogens is 4. The van der Waals surface area contributed by atoms with Crippen LogP contribution < -0.4 is 0 Å². The van der Waals surface area contributed by atoms with Crippen LogP contribution in [-0.2, 0) is 0 Å². The molecule has 0 bridgehead atoms. The van der Waals surface area contributed by atoms with Crippen molar-refractivity contribution >= 4 is 8.07 Å². The maximum absolute atomic E-state index is 14.4. The van der Waals surface area contributed by atoms with Crippen LogP contribution in [0, 0.1) is 72.6 Å². The van der Waals surface area contributed by atoms with Gasteiger partial charge in [-0.2, -0.15) is 0 Å². The molecule has 4 fully saturated rings. The predicted octanol–water partition coefficient (Wildman–Crippen LogP) is 13.7. The standard InChI is InChI=1S/C26H42F2Si.C23H32F2.3H2O/c1-19-8-17-24(26(28)25(19)27)23-15-13-22(14-16-23)21-11-9-20(10-12-21)7-5-6-18-29(2,3)4;1-3-4-5-17-7-9-18(10-8-17)19-11-13-20(14-12-19)21-15-6-16(2)22(24)23(21)25;;;/h8,17,20-23H,5-7,9-16,18H2,1-4H3;3,6,15,17-20H,1,4-5,7-14H2,2H3;3*1H2. The van der Waals surface area contributed by atoms with Crippen molar-refractivity contribution in [3.05, 3.63) is 82.4 Å². The van der Waals surface area contributed by atoms with E-state index in [0.29, 0.717) is 22.3 Å². The summed E-state index contributed by atoms with van der Waals surface area (Å²) < 4.78 is 56.4. The van der Waals surface area contributed by atoms with Gasteiger partial charge in [0.1, 0.15) is 0 Å². The second-order valence-corrected chi connectivity index (χ2v) is 25.3. The first-order valence-electron chi connectivity index (χ1n) is 22.3. The van der Waals surface area contributed by atoms with Crippen LogP contribution in [0.2, 0.25) is 25.7 Å². The Labute approximate surface area is 345 Å². The molecule has 4 aliphatic rings. The number of aryl methyl sites for hydroxylation is 2. The maximum Gasteiger partial charge on any atom is 0.162 e. The monoisotopic (exact) mass is 821 g/mol. The number of unbranched alkanes of at least 4 members (excludes halogenated alkanes) is 1. The van der Waals surface area contributed by atoms with Crippen LogP contribution in [-0.4, -0.2) is 24.5 Å².